The average molecular weight is 404 g/mol. The molecule has 0 bridgehead atoms. The zero-order valence-electron chi connectivity index (χ0n) is 16.7. The molecule has 0 atom stereocenters. The molecule has 3 heterocycles. The van der Waals surface area contributed by atoms with E-state index in [4.69, 9.17) is 4.52 Å². The smallest absolute Gasteiger partial charge is 0.224 e. The van der Waals surface area contributed by atoms with Crippen molar-refractivity contribution in [3.05, 3.63) is 23.2 Å². The van der Waals surface area contributed by atoms with Crippen LogP contribution in [-0.2, 0) is 17.8 Å². The SMILES string of the molecule is CSc1nc(NC(C)C)c2cnn(CCNC(=O)Cc3c(C)noc3C)c2n1. The lowest BCUT2D eigenvalue weighted by Gasteiger charge is -2.11. The first-order valence-corrected chi connectivity index (χ1v) is 10.3. The van der Waals surface area contributed by atoms with E-state index >= 15 is 0 Å². The highest BCUT2D eigenvalue weighted by atomic mass is 32.2. The van der Waals surface area contributed by atoms with E-state index in [1.54, 1.807) is 10.9 Å². The molecular weight excluding hydrogens is 378 g/mol. The van der Waals surface area contributed by atoms with Crippen molar-refractivity contribution < 1.29 is 9.32 Å². The molecule has 150 valence electrons. The number of aromatic nitrogens is 5. The highest BCUT2D eigenvalue weighted by molar-refractivity contribution is 7.98. The van der Waals surface area contributed by atoms with Crippen LogP contribution in [0.2, 0.25) is 0 Å². The molecule has 1 amide bonds. The zero-order chi connectivity index (χ0) is 20.3. The zero-order valence-corrected chi connectivity index (χ0v) is 17.6. The number of hydrogen-bond donors (Lipinski definition) is 2. The maximum absolute atomic E-state index is 12.2. The molecule has 0 unspecified atom stereocenters. The van der Waals surface area contributed by atoms with E-state index in [0.29, 0.717) is 24.0 Å². The third kappa shape index (κ3) is 4.44. The van der Waals surface area contributed by atoms with Gasteiger partial charge in [-0.05, 0) is 34.0 Å². The third-order valence-corrected chi connectivity index (χ3v) is 4.80. The van der Waals surface area contributed by atoms with Crippen molar-refractivity contribution in [1.29, 1.82) is 0 Å². The van der Waals surface area contributed by atoms with Gasteiger partial charge in [-0.15, -0.1) is 0 Å². The van der Waals surface area contributed by atoms with Gasteiger partial charge in [-0.2, -0.15) is 5.10 Å². The van der Waals surface area contributed by atoms with Crippen LogP contribution in [0.25, 0.3) is 11.0 Å². The quantitative estimate of drug-likeness (QED) is 0.435. The molecule has 9 nitrogen and oxygen atoms in total. The van der Waals surface area contributed by atoms with Crippen molar-refractivity contribution in [3.63, 3.8) is 0 Å². The summed E-state index contributed by atoms with van der Waals surface area (Å²) in [5, 5.41) is 16.1. The Morgan fingerprint density at radius 1 is 1.32 bits per heavy atom. The number of anilines is 1. The van der Waals surface area contributed by atoms with E-state index in [2.05, 4.69) is 44.7 Å². The number of nitrogens with one attached hydrogen (secondary N) is 2. The van der Waals surface area contributed by atoms with Gasteiger partial charge >= 0.3 is 0 Å². The van der Waals surface area contributed by atoms with Crippen LogP contribution in [0.4, 0.5) is 5.82 Å². The van der Waals surface area contributed by atoms with Gasteiger partial charge in [0.1, 0.15) is 11.6 Å². The number of amides is 1. The Hall–Kier alpha value is -2.62. The third-order valence-electron chi connectivity index (χ3n) is 4.25. The van der Waals surface area contributed by atoms with Gasteiger partial charge in [-0.25, -0.2) is 14.6 Å². The molecule has 0 aliphatic heterocycles. The summed E-state index contributed by atoms with van der Waals surface area (Å²) in [7, 11) is 0. The first-order valence-electron chi connectivity index (χ1n) is 9.11. The maximum Gasteiger partial charge on any atom is 0.224 e. The summed E-state index contributed by atoms with van der Waals surface area (Å²) in [6, 6.07) is 0.250. The van der Waals surface area contributed by atoms with Crippen molar-refractivity contribution >= 4 is 34.5 Å². The molecule has 0 fully saturated rings. The second kappa shape index (κ2) is 8.59. The molecule has 3 rings (SSSR count). The molecule has 0 saturated carbocycles. The highest BCUT2D eigenvalue weighted by Gasteiger charge is 2.15. The summed E-state index contributed by atoms with van der Waals surface area (Å²) < 4.78 is 6.89. The van der Waals surface area contributed by atoms with E-state index in [0.717, 1.165) is 28.1 Å². The normalized spacial score (nSPS) is 11.4. The molecule has 0 saturated heterocycles. The molecular formula is C18H25N7O2S. The van der Waals surface area contributed by atoms with Gasteiger partial charge < -0.3 is 15.2 Å². The van der Waals surface area contributed by atoms with Crippen LogP contribution in [-0.4, -0.2) is 49.7 Å². The minimum absolute atomic E-state index is 0.0764. The number of rotatable bonds is 8. The molecule has 28 heavy (non-hydrogen) atoms. The van der Waals surface area contributed by atoms with Crippen LogP contribution >= 0.6 is 11.8 Å². The second-order valence-electron chi connectivity index (χ2n) is 6.79. The largest absolute Gasteiger partial charge is 0.367 e. The average Bonchev–Trinajstić information content (AvgIpc) is 3.19. The summed E-state index contributed by atoms with van der Waals surface area (Å²) in [6.45, 7) is 8.73. The Kier molecular flexibility index (Phi) is 6.18. The highest BCUT2D eigenvalue weighted by Crippen LogP contribution is 2.23. The number of thioether (sulfide) groups is 1. The maximum atomic E-state index is 12.2. The number of carbonyl (C=O) groups excluding carboxylic acids is 1. The Labute approximate surface area is 167 Å². The first kappa shape index (κ1) is 20.1. The van der Waals surface area contributed by atoms with E-state index in [9.17, 15) is 4.79 Å². The van der Waals surface area contributed by atoms with Crippen molar-refractivity contribution in [2.24, 2.45) is 0 Å². The Morgan fingerprint density at radius 2 is 2.11 bits per heavy atom. The van der Waals surface area contributed by atoms with Gasteiger partial charge in [0.25, 0.3) is 0 Å². The van der Waals surface area contributed by atoms with E-state index in [1.807, 2.05) is 20.1 Å². The number of fused-ring (bicyclic) bond motifs is 1. The molecule has 3 aromatic rings. The minimum atomic E-state index is -0.0764. The molecule has 0 radical (unpaired) electrons. The van der Waals surface area contributed by atoms with Gasteiger partial charge in [0.05, 0.1) is 30.2 Å². The topological polar surface area (TPSA) is 111 Å². The summed E-state index contributed by atoms with van der Waals surface area (Å²) in [4.78, 5) is 21.4. The molecule has 0 spiro atoms. The van der Waals surface area contributed by atoms with Gasteiger partial charge in [0.2, 0.25) is 5.91 Å². The predicted molar refractivity (Wildman–Crippen MR) is 109 cm³/mol. The summed E-state index contributed by atoms with van der Waals surface area (Å²) in [5.41, 5.74) is 2.34. The van der Waals surface area contributed by atoms with Crippen LogP contribution in [0.15, 0.2) is 15.9 Å². The standard InChI is InChI=1S/C18H25N7O2S/c1-10(2)21-16-14-9-20-25(17(14)23-18(22-16)28-5)7-6-19-15(26)8-13-11(3)24-27-12(13)4/h9-10H,6-8H2,1-5H3,(H,19,26)(H,21,22,23). The van der Waals surface area contributed by atoms with Crippen LogP contribution in [0, 0.1) is 13.8 Å². The molecule has 0 aliphatic rings. The fourth-order valence-corrected chi connectivity index (χ4v) is 3.21. The van der Waals surface area contributed by atoms with Crippen molar-refractivity contribution in [2.75, 3.05) is 18.1 Å². The van der Waals surface area contributed by atoms with Crippen LogP contribution in [0.3, 0.4) is 0 Å². The molecule has 2 N–H and O–H groups in total. The fraction of sp³-hybridized carbons (Fsp3) is 0.500. The summed E-state index contributed by atoms with van der Waals surface area (Å²) >= 11 is 1.48. The van der Waals surface area contributed by atoms with Gasteiger partial charge in [0.15, 0.2) is 10.8 Å². The number of nitrogens with zero attached hydrogens (tertiary/aromatic N) is 5. The van der Waals surface area contributed by atoms with Crippen molar-refractivity contribution in [1.82, 2.24) is 30.2 Å². The van der Waals surface area contributed by atoms with E-state index < -0.39 is 0 Å². The van der Waals surface area contributed by atoms with Crippen molar-refractivity contribution in [3.8, 4) is 0 Å². The van der Waals surface area contributed by atoms with Crippen LogP contribution in [0.1, 0.15) is 30.9 Å². The van der Waals surface area contributed by atoms with Crippen LogP contribution in [0.5, 0.6) is 0 Å². The number of carbonyl (C=O) groups is 1. The first-order chi connectivity index (χ1) is 13.4. The Bertz CT molecular complexity index is 960. The van der Waals surface area contributed by atoms with Crippen molar-refractivity contribution in [2.45, 2.75) is 51.9 Å². The van der Waals surface area contributed by atoms with Gasteiger partial charge in [-0.3, -0.25) is 4.79 Å². The lowest BCUT2D eigenvalue weighted by atomic mass is 10.1. The Morgan fingerprint density at radius 3 is 2.75 bits per heavy atom. The predicted octanol–water partition coefficient (Wildman–Crippen LogP) is 2.33. The molecule has 0 aromatic carbocycles. The fourth-order valence-electron chi connectivity index (χ4n) is 2.85. The number of aryl methyl sites for hydroxylation is 2. The van der Waals surface area contributed by atoms with E-state index in [-0.39, 0.29) is 18.4 Å². The molecule has 10 heteroatoms. The van der Waals surface area contributed by atoms with Gasteiger partial charge in [0, 0.05) is 18.2 Å². The summed E-state index contributed by atoms with van der Waals surface area (Å²) in [6.07, 6.45) is 3.95. The molecule has 3 aromatic heterocycles. The Balaban J connectivity index is 1.68. The van der Waals surface area contributed by atoms with Gasteiger partial charge in [-0.1, -0.05) is 16.9 Å². The minimum Gasteiger partial charge on any atom is -0.367 e. The monoisotopic (exact) mass is 403 g/mol. The van der Waals surface area contributed by atoms with E-state index in [1.165, 1.54) is 11.8 Å². The second-order valence-corrected chi connectivity index (χ2v) is 7.57. The van der Waals surface area contributed by atoms with Crippen LogP contribution < -0.4 is 10.6 Å². The lowest BCUT2D eigenvalue weighted by molar-refractivity contribution is -0.120. The molecule has 0 aliphatic carbocycles. The lowest BCUT2D eigenvalue weighted by Crippen LogP contribution is -2.29. The summed E-state index contributed by atoms with van der Waals surface area (Å²) in [5.74, 6) is 1.38. The number of hydrogen-bond acceptors (Lipinski definition) is 8.